The molecular formula is C24H18N6O. The molecule has 0 fully saturated rings. The first-order chi connectivity index (χ1) is 15.2. The molecule has 0 bridgehead atoms. The van der Waals surface area contributed by atoms with Crippen molar-refractivity contribution in [1.29, 1.82) is 0 Å². The van der Waals surface area contributed by atoms with Gasteiger partial charge in [-0.15, -0.1) is 5.10 Å². The molecule has 3 heterocycles. The van der Waals surface area contributed by atoms with Crippen LogP contribution in [0, 0.1) is 0 Å². The number of hydrogen-bond acceptors (Lipinski definition) is 4. The molecule has 0 atom stereocenters. The van der Waals surface area contributed by atoms with Crippen LogP contribution in [0.25, 0.3) is 44.1 Å². The van der Waals surface area contributed by atoms with Crippen molar-refractivity contribution in [3.63, 3.8) is 0 Å². The van der Waals surface area contributed by atoms with E-state index in [0.717, 1.165) is 49.7 Å². The number of benzene rings is 3. The third-order valence-corrected chi connectivity index (χ3v) is 5.69. The van der Waals surface area contributed by atoms with Gasteiger partial charge in [0.2, 0.25) is 0 Å². The summed E-state index contributed by atoms with van der Waals surface area (Å²) >= 11 is 0. The fraction of sp³-hybridized carbons (Fsp3) is 0.0833. The molecule has 0 aliphatic carbocycles. The predicted molar refractivity (Wildman–Crippen MR) is 120 cm³/mol. The van der Waals surface area contributed by atoms with E-state index in [2.05, 4.69) is 31.6 Å². The van der Waals surface area contributed by atoms with Gasteiger partial charge in [0, 0.05) is 35.3 Å². The lowest BCUT2D eigenvalue weighted by Crippen LogP contribution is -2.03. The van der Waals surface area contributed by atoms with Gasteiger partial charge in [-0.25, -0.2) is 4.68 Å². The molecule has 6 rings (SSSR count). The molecule has 3 aromatic carbocycles. The number of fused-ring (bicyclic) bond motifs is 3. The smallest absolute Gasteiger partial charge is 0.183 e. The van der Waals surface area contributed by atoms with Gasteiger partial charge in [0.05, 0.1) is 22.4 Å². The van der Waals surface area contributed by atoms with E-state index in [0.29, 0.717) is 12.1 Å². The van der Waals surface area contributed by atoms with Gasteiger partial charge in [0.1, 0.15) is 5.52 Å². The lowest BCUT2D eigenvalue weighted by Gasteiger charge is -1.99. The fourth-order valence-electron chi connectivity index (χ4n) is 4.08. The van der Waals surface area contributed by atoms with Crippen LogP contribution in [0.5, 0.6) is 0 Å². The van der Waals surface area contributed by atoms with Crippen molar-refractivity contribution in [3.8, 4) is 11.3 Å². The zero-order chi connectivity index (χ0) is 20.9. The number of H-pyrrole nitrogens is 2. The van der Waals surface area contributed by atoms with Crippen LogP contribution in [-0.2, 0) is 13.5 Å². The summed E-state index contributed by atoms with van der Waals surface area (Å²) in [4.78, 5) is 16.0. The normalized spacial score (nSPS) is 11.6. The molecule has 0 saturated carbocycles. The summed E-state index contributed by atoms with van der Waals surface area (Å²) in [5, 5.41) is 17.9. The number of carbonyl (C=O) groups is 1. The van der Waals surface area contributed by atoms with E-state index in [1.807, 2.05) is 67.7 Å². The number of aryl methyl sites for hydroxylation is 1. The van der Waals surface area contributed by atoms with E-state index < -0.39 is 0 Å². The average Bonchev–Trinajstić information content (AvgIpc) is 3.49. The molecule has 0 aliphatic heterocycles. The van der Waals surface area contributed by atoms with Gasteiger partial charge in [0.15, 0.2) is 5.78 Å². The monoisotopic (exact) mass is 406 g/mol. The summed E-state index contributed by atoms with van der Waals surface area (Å²) in [7, 11) is 1.87. The van der Waals surface area contributed by atoms with Gasteiger partial charge in [-0.2, -0.15) is 5.10 Å². The van der Waals surface area contributed by atoms with Crippen LogP contribution in [0.1, 0.15) is 16.1 Å². The standard InChI is InChI=1S/C24H18N6O/c1-30-22-8-7-15(11-20(22)27-29-30)24-17-10-16-12-21(25-18(16)13-19(17)26-28-24)23(31)9-14-5-3-2-4-6-14/h2-8,10-13,25H,9H2,1H3,(H,26,28). The van der Waals surface area contributed by atoms with E-state index in [1.165, 1.54) is 0 Å². The van der Waals surface area contributed by atoms with E-state index in [-0.39, 0.29) is 5.78 Å². The molecule has 0 amide bonds. The number of aromatic amines is 2. The van der Waals surface area contributed by atoms with E-state index in [9.17, 15) is 4.79 Å². The summed E-state index contributed by atoms with van der Waals surface area (Å²) in [6, 6.07) is 21.8. The van der Waals surface area contributed by atoms with Crippen molar-refractivity contribution in [2.75, 3.05) is 0 Å². The SMILES string of the molecule is Cn1nnc2cc(-c3n[nH]c4cc5[nH]c(C(=O)Cc6ccccc6)cc5cc34)ccc21. The van der Waals surface area contributed by atoms with Gasteiger partial charge < -0.3 is 4.98 Å². The first-order valence-corrected chi connectivity index (χ1v) is 10.0. The Morgan fingerprint density at radius 1 is 1.00 bits per heavy atom. The van der Waals surface area contributed by atoms with Crippen molar-refractivity contribution in [2.45, 2.75) is 6.42 Å². The van der Waals surface area contributed by atoms with Crippen LogP contribution < -0.4 is 0 Å². The van der Waals surface area contributed by atoms with Crippen molar-refractivity contribution in [1.82, 2.24) is 30.2 Å². The van der Waals surface area contributed by atoms with Gasteiger partial charge >= 0.3 is 0 Å². The minimum Gasteiger partial charge on any atom is -0.352 e. The Morgan fingerprint density at radius 3 is 2.74 bits per heavy atom. The number of rotatable bonds is 4. The Morgan fingerprint density at radius 2 is 1.87 bits per heavy atom. The van der Waals surface area contributed by atoms with Crippen LogP contribution in [0.3, 0.4) is 0 Å². The Balaban J connectivity index is 1.41. The average molecular weight is 406 g/mol. The summed E-state index contributed by atoms with van der Waals surface area (Å²) in [5.41, 5.74) is 7.04. The van der Waals surface area contributed by atoms with Crippen LogP contribution >= 0.6 is 0 Å². The second-order valence-electron chi connectivity index (χ2n) is 7.74. The molecule has 0 aliphatic rings. The Kier molecular flexibility index (Phi) is 3.76. The highest BCUT2D eigenvalue weighted by Crippen LogP contribution is 2.31. The van der Waals surface area contributed by atoms with Crippen LogP contribution in [-0.4, -0.2) is 36.0 Å². The van der Waals surface area contributed by atoms with Crippen LogP contribution in [0.2, 0.25) is 0 Å². The van der Waals surface area contributed by atoms with Crippen molar-refractivity contribution >= 4 is 38.6 Å². The number of nitrogens with zero attached hydrogens (tertiary/aromatic N) is 4. The first kappa shape index (κ1) is 17.6. The molecule has 7 nitrogen and oxygen atoms in total. The van der Waals surface area contributed by atoms with Gasteiger partial charge in [0.25, 0.3) is 0 Å². The van der Waals surface area contributed by atoms with Crippen LogP contribution in [0.15, 0.2) is 66.7 Å². The maximum atomic E-state index is 12.8. The number of carbonyl (C=O) groups excluding carboxylic acids is 1. The number of aromatic nitrogens is 6. The molecular weight excluding hydrogens is 388 g/mol. The van der Waals surface area contributed by atoms with Gasteiger partial charge in [-0.05, 0) is 35.9 Å². The van der Waals surface area contributed by atoms with Crippen molar-refractivity contribution in [2.24, 2.45) is 7.05 Å². The molecule has 0 spiro atoms. The Hall–Kier alpha value is -4.26. The van der Waals surface area contributed by atoms with E-state index >= 15 is 0 Å². The molecule has 3 aromatic heterocycles. The number of ketones is 1. The van der Waals surface area contributed by atoms with Gasteiger partial charge in [-0.3, -0.25) is 9.89 Å². The number of hydrogen-bond donors (Lipinski definition) is 2. The highest BCUT2D eigenvalue weighted by Gasteiger charge is 2.15. The summed E-state index contributed by atoms with van der Waals surface area (Å²) in [5.74, 6) is 0.0671. The molecule has 6 aromatic rings. The summed E-state index contributed by atoms with van der Waals surface area (Å²) in [6.07, 6.45) is 0.371. The first-order valence-electron chi connectivity index (χ1n) is 10.0. The summed E-state index contributed by atoms with van der Waals surface area (Å²) in [6.45, 7) is 0. The Labute approximate surface area is 176 Å². The topological polar surface area (TPSA) is 92.2 Å². The third kappa shape index (κ3) is 2.90. The number of nitrogens with one attached hydrogen (secondary N) is 2. The number of Topliss-reactive ketones (excluding diaryl/α,β-unsaturated/α-hetero) is 1. The lowest BCUT2D eigenvalue weighted by atomic mass is 10.1. The summed E-state index contributed by atoms with van der Waals surface area (Å²) < 4.78 is 1.75. The maximum absolute atomic E-state index is 12.8. The quantitative estimate of drug-likeness (QED) is 0.424. The molecule has 0 radical (unpaired) electrons. The maximum Gasteiger partial charge on any atom is 0.183 e. The highest BCUT2D eigenvalue weighted by molar-refractivity contribution is 6.06. The fourth-order valence-corrected chi connectivity index (χ4v) is 4.08. The van der Waals surface area contributed by atoms with Crippen LogP contribution in [0.4, 0.5) is 0 Å². The molecule has 7 heteroatoms. The Bertz CT molecular complexity index is 1590. The van der Waals surface area contributed by atoms with Crippen molar-refractivity contribution < 1.29 is 4.79 Å². The third-order valence-electron chi connectivity index (χ3n) is 5.69. The zero-order valence-corrected chi connectivity index (χ0v) is 16.8. The zero-order valence-electron chi connectivity index (χ0n) is 16.8. The minimum atomic E-state index is 0.0671. The largest absolute Gasteiger partial charge is 0.352 e. The molecule has 0 saturated heterocycles. The van der Waals surface area contributed by atoms with Gasteiger partial charge in [-0.1, -0.05) is 41.6 Å². The molecule has 2 N–H and O–H groups in total. The molecule has 31 heavy (non-hydrogen) atoms. The minimum absolute atomic E-state index is 0.0671. The van der Waals surface area contributed by atoms with E-state index in [4.69, 9.17) is 0 Å². The van der Waals surface area contributed by atoms with E-state index in [1.54, 1.807) is 4.68 Å². The molecule has 0 unspecified atom stereocenters. The lowest BCUT2D eigenvalue weighted by molar-refractivity contribution is 0.0989. The molecule has 150 valence electrons. The van der Waals surface area contributed by atoms with Crippen molar-refractivity contribution in [3.05, 3.63) is 78.0 Å². The second kappa shape index (κ2) is 6.63. The predicted octanol–water partition coefficient (Wildman–Crippen LogP) is 4.42. The highest BCUT2D eigenvalue weighted by atomic mass is 16.1. The second-order valence-corrected chi connectivity index (χ2v) is 7.74.